The van der Waals surface area contributed by atoms with Crippen molar-refractivity contribution in [3.8, 4) is 0 Å². The third kappa shape index (κ3) is 4.35. The van der Waals surface area contributed by atoms with E-state index in [0.29, 0.717) is 18.1 Å². The molecule has 2 aliphatic carbocycles. The first-order chi connectivity index (χ1) is 15.3. The van der Waals surface area contributed by atoms with Gasteiger partial charge in [0.15, 0.2) is 0 Å². The zero-order chi connectivity index (χ0) is 22.8. The minimum absolute atomic E-state index is 0.0178. The molecule has 0 bridgehead atoms. The Kier molecular flexibility index (Phi) is 6.73. The van der Waals surface area contributed by atoms with E-state index < -0.39 is 0 Å². The summed E-state index contributed by atoms with van der Waals surface area (Å²) in [5, 5.41) is 14.8. The van der Waals surface area contributed by atoms with Gasteiger partial charge >= 0.3 is 5.97 Å². The first-order valence-electron chi connectivity index (χ1n) is 12.0. The van der Waals surface area contributed by atoms with Crippen LogP contribution >= 0.6 is 0 Å². The second-order valence-electron chi connectivity index (χ2n) is 10.3. The molecule has 4 nitrogen and oxygen atoms in total. The van der Waals surface area contributed by atoms with Crippen LogP contribution in [0.25, 0.3) is 0 Å². The Bertz CT molecular complexity index is 905. The summed E-state index contributed by atoms with van der Waals surface area (Å²) in [6.45, 7) is 11.1. The van der Waals surface area contributed by atoms with E-state index in [2.05, 4.69) is 56.1 Å². The molecule has 2 N–H and O–H groups in total. The topological polar surface area (TPSA) is 58.6 Å². The van der Waals surface area contributed by atoms with Crippen LogP contribution in [0.15, 0.2) is 66.3 Å². The Hall–Kier alpha value is -2.17. The van der Waals surface area contributed by atoms with Gasteiger partial charge in [-0.2, -0.15) is 0 Å². The molecular formula is C28H37NO3. The Labute approximate surface area is 192 Å². The number of esters is 1. The number of rotatable bonds is 7. The number of allylic oxidation sites excluding steroid dienone is 2. The lowest BCUT2D eigenvalue weighted by molar-refractivity contribution is -0.135. The molecule has 0 saturated heterocycles. The van der Waals surface area contributed by atoms with E-state index in [4.69, 9.17) is 4.74 Å². The predicted molar refractivity (Wildman–Crippen MR) is 128 cm³/mol. The molecule has 32 heavy (non-hydrogen) atoms. The highest BCUT2D eigenvalue weighted by atomic mass is 16.5. The summed E-state index contributed by atoms with van der Waals surface area (Å²) in [5.74, 6) is 0.343. The SMILES string of the molecule is C=C1CC[C@@H]2[C@](C)(CNCCc3ccccc3)[C@H](O)CC[C@@]2(C)[C@@H]1/C=C/C1=CCOC1=O. The lowest BCUT2D eigenvalue weighted by Gasteiger charge is -2.60. The maximum absolute atomic E-state index is 11.9. The molecule has 1 aliphatic heterocycles. The van der Waals surface area contributed by atoms with Crippen molar-refractivity contribution in [1.29, 1.82) is 0 Å². The van der Waals surface area contributed by atoms with Gasteiger partial charge in [0.2, 0.25) is 0 Å². The molecule has 0 spiro atoms. The van der Waals surface area contributed by atoms with Gasteiger partial charge in [-0.3, -0.25) is 0 Å². The van der Waals surface area contributed by atoms with Gasteiger partial charge in [-0.1, -0.05) is 68.5 Å². The molecule has 172 valence electrons. The summed E-state index contributed by atoms with van der Waals surface area (Å²) in [4.78, 5) is 11.9. The van der Waals surface area contributed by atoms with Crippen LogP contribution in [0.1, 0.15) is 45.1 Å². The summed E-state index contributed by atoms with van der Waals surface area (Å²) in [6.07, 6.45) is 10.4. The van der Waals surface area contributed by atoms with Crippen molar-refractivity contribution in [3.05, 3.63) is 71.8 Å². The molecule has 0 amide bonds. The zero-order valence-electron chi connectivity index (χ0n) is 19.5. The fraction of sp³-hybridized carbons (Fsp3) is 0.536. The van der Waals surface area contributed by atoms with Gasteiger partial charge in [0, 0.05) is 17.9 Å². The zero-order valence-corrected chi connectivity index (χ0v) is 19.5. The molecule has 2 saturated carbocycles. The summed E-state index contributed by atoms with van der Waals surface area (Å²) in [6, 6.07) is 10.5. The molecule has 0 aromatic heterocycles. The molecule has 0 unspecified atom stereocenters. The van der Waals surface area contributed by atoms with Crippen molar-refractivity contribution >= 4 is 5.97 Å². The molecule has 4 heteroatoms. The average molecular weight is 436 g/mol. The maximum atomic E-state index is 11.9. The monoisotopic (exact) mass is 435 g/mol. The first-order valence-corrected chi connectivity index (χ1v) is 12.0. The van der Waals surface area contributed by atoms with Gasteiger partial charge < -0.3 is 15.2 Å². The number of aliphatic hydroxyl groups is 1. The Balaban J connectivity index is 1.48. The first kappa shape index (κ1) is 23.0. The molecule has 1 heterocycles. The third-order valence-corrected chi connectivity index (χ3v) is 8.37. The number of hydrogen-bond acceptors (Lipinski definition) is 4. The summed E-state index contributed by atoms with van der Waals surface area (Å²) < 4.78 is 5.05. The molecule has 4 rings (SSSR count). The number of benzene rings is 1. The summed E-state index contributed by atoms with van der Waals surface area (Å²) >= 11 is 0. The van der Waals surface area contributed by atoms with Crippen molar-refractivity contribution in [2.75, 3.05) is 19.7 Å². The molecule has 1 aromatic rings. The predicted octanol–water partition coefficient (Wildman–Crippen LogP) is 4.61. The number of carbonyl (C=O) groups is 1. The van der Waals surface area contributed by atoms with Gasteiger partial charge in [0.1, 0.15) is 6.61 Å². The maximum Gasteiger partial charge on any atom is 0.338 e. The lowest BCUT2D eigenvalue weighted by Crippen LogP contribution is -2.59. The van der Waals surface area contributed by atoms with E-state index in [0.717, 1.165) is 45.2 Å². The van der Waals surface area contributed by atoms with Gasteiger partial charge in [0.05, 0.1) is 11.7 Å². The van der Waals surface area contributed by atoms with Gasteiger partial charge in [-0.15, -0.1) is 0 Å². The van der Waals surface area contributed by atoms with E-state index in [-0.39, 0.29) is 28.8 Å². The Morgan fingerprint density at radius 1 is 1.25 bits per heavy atom. The highest BCUT2D eigenvalue weighted by Crippen LogP contribution is 2.61. The van der Waals surface area contributed by atoms with Crippen LogP contribution in [0.2, 0.25) is 0 Å². The van der Waals surface area contributed by atoms with E-state index in [9.17, 15) is 9.90 Å². The Morgan fingerprint density at radius 3 is 2.75 bits per heavy atom. The fourth-order valence-corrected chi connectivity index (χ4v) is 6.46. The number of carbonyl (C=O) groups excluding carboxylic acids is 1. The van der Waals surface area contributed by atoms with E-state index in [1.54, 1.807) is 0 Å². The van der Waals surface area contributed by atoms with Gasteiger partial charge in [0.25, 0.3) is 0 Å². The van der Waals surface area contributed by atoms with E-state index in [1.165, 1.54) is 11.1 Å². The molecule has 3 aliphatic rings. The van der Waals surface area contributed by atoms with Crippen LogP contribution in [0.4, 0.5) is 0 Å². The molecular weight excluding hydrogens is 398 g/mol. The number of hydrogen-bond donors (Lipinski definition) is 2. The quantitative estimate of drug-likeness (QED) is 0.373. The smallest absolute Gasteiger partial charge is 0.338 e. The van der Waals surface area contributed by atoms with E-state index >= 15 is 0 Å². The second kappa shape index (κ2) is 9.36. The summed E-state index contributed by atoms with van der Waals surface area (Å²) in [5.41, 5.74) is 3.04. The van der Waals surface area contributed by atoms with Crippen LogP contribution in [0, 0.1) is 22.7 Å². The van der Waals surface area contributed by atoms with Crippen LogP contribution in [0.3, 0.4) is 0 Å². The largest absolute Gasteiger partial charge is 0.458 e. The number of fused-ring (bicyclic) bond motifs is 1. The van der Waals surface area contributed by atoms with E-state index in [1.807, 2.05) is 18.2 Å². The third-order valence-electron chi connectivity index (χ3n) is 8.37. The fourth-order valence-electron chi connectivity index (χ4n) is 6.46. The standard InChI is InChI=1S/C28H37NO3/c1-20-9-12-24-27(2,23(20)11-10-22-15-18-32-26(22)31)16-13-25(30)28(24,3)19-29-17-14-21-7-5-4-6-8-21/h4-8,10-11,15,23-25,29-30H,1,9,12-14,16-19H2,2-3H3/b11-10+/t23-,24+,25-,27+,28+/m1/s1. The average Bonchev–Trinajstić information content (AvgIpc) is 3.19. The number of aliphatic hydroxyl groups excluding tert-OH is 1. The lowest BCUT2D eigenvalue weighted by atomic mass is 9.46. The highest BCUT2D eigenvalue weighted by Gasteiger charge is 2.57. The molecule has 2 fully saturated rings. The molecule has 5 atom stereocenters. The molecule has 1 aromatic carbocycles. The molecule has 0 radical (unpaired) electrons. The number of ether oxygens (including phenoxy) is 1. The van der Waals surface area contributed by atoms with Gasteiger partial charge in [-0.25, -0.2) is 4.79 Å². The van der Waals surface area contributed by atoms with Crippen molar-refractivity contribution in [2.45, 2.75) is 52.1 Å². The normalized spacial score (nSPS) is 35.0. The second-order valence-corrected chi connectivity index (χ2v) is 10.3. The van der Waals surface area contributed by atoms with Crippen molar-refractivity contribution in [2.24, 2.45) is 22.7 Å². The van der Waals surface area contributed by atoms with Crippen molar-refractivity contribution < 1.29 is 14.6 Å². The van der Waals surface area contributed by atoms with Crippen LogP contribution in [-0.4, -0.2) is 36.9 Å². The summed E-state index contributed by atoms with van der Waals surface area (Å²) in [7, 11) is 0. The van der Waals surface area contributed by atoms with Crippen LogP contribution in [0.5, 0.6) is 0 Å². The highest BCUT2D eigenvalue weighted by molar-refractivity contribution is 5.93. The van der Waals surface area contributed by atoms with Crippen LogP contribution in [-0.2, 0) is 16.0 Å². The number of cyclic esters (lactones) is 1. The minimum atomic E-state index is -0.312. The minimum Gasteiger partial charge on any atom is -0.458 e. The number of nitrogens with one attached hydrogen (secondary N) is 1. The van der Waals surface area contributed by atoms with Crippen LogP contribution < -0.4 is 5.32 Å². The van der Waals surface area contributed by atoms with Crippen molar-refractivity contribution in [3.63, 3.8) is 0 Å². The Morgan fingerprint density at radius 2 is 2.03 bits per heavy atom. The van der Waals surface area contributed by atoms with Gasteiger partial charge in [-0.05, 0) is 61.6 Å². The van der Waals surface area contributed by atoms with Crippen molar-refractivity contribution in [1.82, 2.24) is 5.32 Å².